The Labute approximate surface area is 302 Å². The first-order chi connectivity index (χ1) is 24.8. The van der Waals surface area contributed by atoms with Gasteiger partial charge in [-0.15, -0.1) is 0 Å². The highest BCUT2D eigenvalue weighted by molar-refractivity contribution is 5.95. The molecule has 53 heavy (non-hydrogen) atoms. The van der Waals surface area contributed by atoms with Crippen LogP contribution in [0.4, 0.5) is 10.5 Å². The summed E-state index contributed by atoms with van der Waals surface area (Å²) in [5.74, 6) is -2.82. The Morgan fingerprint density at radius 3 is 1.96 bits per heavy atom. The van der Waals surface area contributed by atoms with Crippen LogP contribution in [0.5, 0.6) is 0 Å². The van der Waals surface area contributed by atoms with E-state index in [0.717, 1.165) is 26.0 Å². The zero-order chi connectivity index (χ0) is 39.6. The topological polar surface area (TPSA) is 244 Å². The summed E-state index contributed by atoms with van der Waals surface area (Å²) in [5.41, 5.74) is -2.71. The van der Waals surface area contributed by atoms with Crippen LogP contribution in [-0.2, 0) is 48.3 Å². The maximum atomic E-state index is 13.6. The van der Waals surface area contributed by atoms with Gasteiger partial charge in [-0.3, -0.25) is 43.1 Å². The minimum atomic E-state index is -1.14. The van der Waals surface area contributed by atoms with E-state index in [1.165, 1.54) is 39.2 Å². The molecule has 0 aliphatic rings. The number of para-hydroxylation sites is 1. The minimum Gasteiger partial charge on any atom is -0.467 e. The number of H-pyrrole nitrogens is 2. The molecule has 1 atom stereocenters. The number of methoxy groups -OCH3 is 1. The van der Waals surface area contributed by atoms with Crippen molar-refractivity contribution in [2.75, 3.05) is 32.1 Å². The minimum absolute atomic E-state index is 0.121. The summed E-state index contributed by atoms with van der Waals surface area (Å²) in [4.78, 5) is 120. The lowest BCUT2D eigenvalue weighted by Gasteiger charge is -2.29. The molecule has 2 aromatic heterocycles. The number of benzene rings is 1. The van der Waals surface area contributed by atoms with Crippen LogP contribution in [0.3, 0.4) is 0 Å². The second kappa shape index (κ2) is 17.8. The summed E-state index contributed by atoms with van der Waals surface area (Å²) in [6, 6.07) is 5.23. The fourth-order valence-electron chi connectivity index (χ4n) is 4.92. The van der Waals surface area contributed by atoms with Crippen LogP contribution < -0.4 is 33.1 Å². The molecule has 286 valence electrons. The zero-order valence-corrected chi connectivity index (χ0v) is 30.6. The van der Waals surface area contributed by atoms with Crippen LogP contribution in [0.25, 0.3) is 0 Å². The van der Waals surface area contributed by atoms with Gasteiger partial charge in [0.1, 0.15) is 24.7 Å². The van der Waals surface area contributed by atoms with Crippen molar-refractivity contribution in [2.24, 2.45) is 0 Å². The number of alkyl carbamates (subject to hydrolysis) is 1. The monoisotopic (exact) mass is 740 g/mol. The number of hydrogen-bond donors (Lipinski definition) is 4. The SMILES string of the molecule is COC(=O)[C@@H](C)N(Cc1ccccc1NC(=O)CN(CCNC(=O)OC(C)(C)C)C(=O)Cn1cc(C)c(=O)[nH]c1=O)C(=O)Cn1cc(C)c(=O)[nH]c1=O. The summed E-state index contributed by atoms with van der Waals surface area (Å²) in [6.07, 6.45) is 1.68. The molecule has 0 bridgehead atoms. The van der Waals surface area contributed by atoms with E-state index in [0.29, 0.717) is 5.56 Å². The first-order valence-electron chi connectivity index (χ1n) is 16.4. The Kier molecular flexibility index (Phi) is 13.8. The molecule has 19 heteroatoms. The fourth-order valence-corrected chi connectivity index (χ4v) is 4.92. The Morgan fingerprint density at radius 2 is 1.42 bits per heavy atom. The molecule has 0 aliphatic heterocycles. The van der Waals surface area contributed by atoms with Gasteiger partial charge in [-0.2, -0.15) is 0 Å². The largest absolute Gasteiger partial charge is 0.467 e. The predicted octanol–water partition coefficient (Wildman–Crippen LogP) is -0.414. The van der Waals surface area contributed by atoms with Crippen molar-refractivity contribution in [3.05, 3.63) is 95.0 Å². The highest BCUT2D eigenvalue weighted by Gasteiger charge is 2.28. The summed E-state index contributed by atoms with van der Waals surface area (Å²) in [6.45, 7) is 7.23. The zero-order valence-electron chi connectivity index (χ0n) is 30.6. The first kappa shape index (κ1) is 41.2. The molecule has 4 amide bonds. The van der Waals surface area contributed by atoms with Gasteiger partial charge < -0.3 is 29.9 Å². The van der Waals surface area contributed by atoms with Gasteiger partial charge in [0.2, 0.25) is 17.7 Å². The standard InChI is InChI=1S/C34H44N8O11/c1-20-14-40(31(49)37-28(20)46)18-26(44)39(13-12-35-33(51)53-34(4,5)6)17-25(43)36-24-11-9-8-10-23(24)16-42(22(3)30(48)52-7)27(45)19-41-15-21(2)29(47)38-32(41)50/h8-11,14-15,22H,12-13,16-19H2,1-7H3,(H,35,51)(H,36,43)(H,37,46,49)(H,38,47,50)/t22-/m1/s1. The van der Waals surface area contributed by atoms with Gasteiger partial charge in [0.05, 0.1) is 13.7 Å². The lowest BCUT2D eigenvalue weighted by molar-refractivity contribution is -0.152. The number of rotatable bonds is 14. The molecular formula is C34H44N8O11. The number of nitrogens with zero attached hydrogens (tertiary/aromatic N) is 4. The van der Waals surface area contributed by atoms with Crippen molar-refractivity contribution in [1.29, 1.82) is 0 Å². The molecule has 0 saturated carbocycles. The highest BCUT2D eigenvalue weighted by atomic mass is 16.6. The number of aromatic amines is 2. The van der Waals surface area contributed by atoms with Crippen LogP contribution in [0.15, 0.2) is 55.8 Å². The number of hydrogen-bond acceptors (Lipinski definition) is 11. The number of amides is 4. The molecule has 2 heterocycles. The third kappa shape index (κ3) is 11.9. The van der Waals surface area contributed by atoms with Crippen LogP contribution in [0.1, 0.15) is 44.4 Å². The molecule has 1 aromatic carbocycles. The molecule has 0 aliphatic carbocycles. The molecule has 0 saturated heterocycles. The molecule has 0 fully saturated rings. The van der Waals surface area contributed by atoms with Gasteiger partial charge in [0.25, 0.3) is 11.1 Å². The number of esters is 1. The highest BCUT2D eigenvalue weighted by Crippen LogP contribution is 2.20. The van der Waals surface area contributed by atoms with Gasteiger partial charge in [0.15, 0.2) is 0 Å². The predicted molar refractivity (Wildman–Crippen MR) is 190 cm³/mol. The summed E-state index contributed by atoms with van der Waals surface area (Å²) in [5, 5.41) is 5.22. The molecule has 3 aromatic rings. The summed E-state index contributed by atoms with van der Waals surface area (Å²) in [7, 11) is 1.15. The normalized spacial score (nSPS) is 11.6. The van der Waals surface area contributed by atoms with Crippen LogP contribution in [0, 0.1) is 13.8 Å². The van der Waals surface area contributed by atoms with Gasteiger partial charge in [-0.05, 0) is 53.2 Å². The Hall–Kier alpha value is -6.27. The van der Waals surface area contributed by atoms with Crippen molar-refractivity contribution in [3.8, 4) is 0 Å². The van der Waals surface area contributed by atoms with E-state index in [-0.39, 0.29) is 36.4 Å². The lowest BCUT2D eigenvalue weighted by atomic mass is 10.1. The lowest BCUT2D eigenvalue weighted by Crippen LogP contribution is -2.46. The van der Waals surface area contributed by atoms with Crippen molar-refractivity contribution < 1.29 is 33.4 Å². The average molecular weight is 741 g/mol. The molecule has 0 radical (unpaired) electrons. The van der Waals surface area contributed by atoms with Crippen molar-refractivity contribution >= 4 is 35.5 Å². The molecular weight excluding hydrogens is 696 g/mol. The van der Waals surface area contributed by atoms with E-state index in [2.05, 4.69) is 20.6 Å². The fraction of sp³-hybridized carbons (Fsp3) is 0.441. The second-order valence-corrected chi connectivity index (χ2v) is 13.1. The Balaban J connectivity index is 1.86. The number of carbonyl (C=O) groups excluding carboxylic acids is 5. The smallest absolute Gasteiger partial charge is 0.407 e. The molecule has 19 nitrogen and oxygen atoms in total. The van der Waals surface area contributed by atoms with Gasteiger partial charge in [-0.25, -0.2) is 19.2 Å². The number of ether oxygens (including phenoxy) is 2. The molecule has 0 spiro atoms. The Morgan fingerprint density at radius 1 is 0.868 bits per heavy atom. The van der Waals surface area contributed by atoms with Crippen LogP contribution in [-0.4, -0.2) is 97.1 Å². The third-order valence-electron chi connectivity index (χ3n) is 7.69. The molecule has 0 unspecified atom stereocenters. The number of carbonyl (C=O) groups is 5. The number of anilines is 1. The summed E-state index contributed by atoms with van der Waals surface area (Å²) >= 11 is 0. The van der Waals surface area contributed by atoms with Crippen molar-refractivity contribution in [1.82, 2.24) is 34.2 Å². The quantitative estimate of drug-likeness (QED) is 0.155. The third-order valence-corrected chi connectivity index (χ3v) is 7.69. The molecule has 4 N–H and O–H groups in total. The molecule has 3 rings (SSSR count). The van der Waals surface area contributed by atoms with E-state index in [1.807, 2.05) is 0 Å². The van der Waals surface area contributed by atoms with E-state index in [4.69, 9.17) is 9.47 Å². The van der Waals surface area contributed by atoms with Crippen LogP contribution >= 0.6 is 0 Å². The number of aryl methyl sites for hydroxylation is 2. The van der Waals surface area contributed by atoms with E-state index in [1.54, 1.807) is 39.0 Å². The summed E-state index contributed by atoms with van der Waals surface area (Å²) < 4.78 is 12.1. The number of nitrogens with one attached hydrogen (secondary N) is 4. The number of aromatic nitrogens is 4. The first-order valence-corrected chi connectivity index (χ1v) is 16.4. The van der Waals surface area contributed by atoms with E-state index >= 15 is 0 Å². The average Bonchev–Trinajstić information content (AvgIpc) is 3.07. The van der Waals surface area contributed by atoms with Gasteiger partial charge >= 0.3 is 23.4 Å². The van der Waals surface area contributed by atoms with E-state index in [9.17, 15) is 43.2 Å². The van der Waals surface area contributed by atoms with Crippen molar-refractivity contribution in [3.63, 3.8) is 0 Å². The van der Waals surface area contributed by atoms with Crippen LogP contribution in [0.2, 0.25) is 0 Å². The Bertz CT molecular complexity index is 2090. The maximum absolute atomic E-state index is 13.6. The van der Waals surface area contributed by atoms with Crippen molar-refractivity contribution in [2.45, 2.75) is 72.8 Å². The second-order valence-electron chi connectivity index (χ2n) is 13.1. The van der Waals surface area contributed by atoms with Gasteiger partial charge in [0, 0.05) is 48.8 Å². The van der Waals surface area contributed by atoms with E-state index < -0.39 is 83.6 Å². The van der Waals surface area contributed by atoms with Gasteiger partial charge in [-0.1, -0.05) is 18.2 Å². The maximum Gasteiger partial charge on any atom is 0.407 e.